The molecule has 0 aliphatic heterocycles. The molecule has 0 bridgehead atoms. The molecule has 0 saturated carbocycles. The zero-order valence-corrected chi connectivity index (χ0v) is 15.6. The van der Waals surface area contributed by atoms with Gasteiger partial charge in [0, 0.05) is 4.47 Å². The summed E-state index contributed by atoms with van der Waals surface area (Å²) in [6, 6.07) is 10.4. The van der Waals surface area contributed by atoms with Crippen molar-refractivity contribution in [1.29, 1.82) is 0 Å². The summed E-state index contributed by atoms with van der Waals surface area (Å²) in [6.07, 6.45) is -4.52. The van der Waals surface area contributed by atoms with Gasteiger partial charge in [-0.2, -0.15) is 17.9 Å². The van der Waals surface area contributed by atoms with Crippen molar-refractivity contribution in [3.63, 3.8) is 0 Å². The molecule has 26 heavy (non-hydrogen) atoms. The Hall–Kier alpha value is -2.02. The third-order valence-electron chi connectivity index (χ3n) is 3.07. The van der Waals surface area contributed by atoms with E-state index >= 15 is 0 Å². The molecule has 0 unspecified atom stereocenters. The third-order valence-corrected chi connectivity index (χ3v) is 4.99. The summed E-state index contributed by atoms with van der Waals surface area (Å²) in [4.78, 5) is -0.266. The van der Waals surface area contributed by atoms with E-state index in [9.17, 15) is 21.6 Å². The quantitative estimate of drug-likeness (QED) is 0.708. The molecular formula is C17H13BrF3NO3S. The maximum Gasteiger partial charge on any atom is 0.416 e. The number of benzene rings is 2. The Bertz CT molecular complexity index is 917. The topological polar surface area (TPSA) is 55.4 Å². The molecule has 0 heterocycles. The highest BCUT2D eigenvalue weighted by Gasteiger charge is 2.30. The predicted octanol–water partition coefficient (Wildman–Crippen LogP) is 3.83. The average molecular weight is 448 g/mol. The second-order valence-electron chi connectivity index (χ2n) is 4.95. The number of rotatable bonds is 5. The minimum Gasteiger partial charge on any atom is -0.481 e. The van der Waals surface area contributed by atoms with E-state index in [2.05, 4.69) is 32.5 Å². The van der Waals surface area contributed by atoms with Crippen LogP contribution in [0.1, 0.15) is 5.56 Å². The van der Waals surface area contributed by atoms with E-state index in [1.165, 1.54) is 0 Å². The number of ether oxygens (including phenoxy) is 1. The van der Waals surface area contributed by atoms with Crippen LogP contribution < -0.4 is 9.46 Å². The largest absolute Gasteiger partial charge is 0.481 e. The standard InChI is InChI=1S/C17H13BrF3NO3S/c18-14-4-3-5-15(12-14)25-11-2-1-10-22-26(23,24)16-8-6-13(7-9-16)17(19,20)21/h3-9,12,22H,10-11H2. The van der Waals surface area contributed by atoms with Crippen molar-refractivity contribution in [1.82, 2.24) is 4.72 Å². The summed E-state index contributed by atoms with van der Waals surface area (Å²) in [5, 5.41) is 0. The molecule has 0 aliphatic carbocycles. The van der Waals surface area contributed by atoms with Crippen LogP contribution in [-0.2, 0) is 16.2 Å². The van der Waals surface area contributed by atoms with Crippen LogP contribution in [0.15, 0.2) is 57.9 Å². The Morgan fingerprint density at radius 3 is 2.38 bits per heavy atom. The summed E-state index contributed by atoms with van der Waals surface area (Å²) < 4.78 is 69.8. The van der Waals surface area contributed by atoms with Crippen molar-refractivity contribution in [2.75, 3.05) is 13.2 Å². The molecule has 2 rings (SSSR count). The average Bonchev–Trinajstić information content (AvgIpc) is 2.57. The van der Waals surface area contributed by atoms with Gasteiger partial charge in [-0.05, 0) is 42.5 Å². The summed E-state index contributed by atoms with van der Waals surface area (Å²) in [7, 11) is -3.93. The van der Waals surface area contributed by atoms with Gasteiger partial charge in [-0.3, -0.25) is 0 Å². The van der Waals surface area contributed by atoms with Gasteiger partial charge in [0.15, 0.2) is 0 Å². The molecule has 0 amide bonds. The van der Waals surface area contributed by atoms with Crippen LogP contribution in [0.25, 0.3) is 0 Å². The van der Waals surface area contributed by atoms with Gasteiger partial charge in [-0.15, -0.1) is 0 Å². The maximum absolute atomic E-state index is 12.5. The lowest BCUT2D eigenvalue weighted by atomic mass is 10.2. The Morgan fingerprint density at radius 1 is 1.08 bits per heavy atom. The summed E-state index contributed by atoms with van der Waals surface area (Å²) in [6.45, 7) is -0.121. The Morgan fingerprint density at radius 2 is 1.77 bits per heavy atom. The van der Waals surface area contributed by atoms with E-state index in [0.29, 0.717) is 17.9 Å². The van der Waals surface area contributed by atoms with Gasteiger partial charge in [-0.25, -0.2) is 8.42 Å². The van der Waals surface area contributed by atoms with Gasteiger partial charge in [0.25, 0.3) is 0 Å². The molecular weight excluding hydrogens is 435 g/mol. The number of halogens is 4. The van der Waals surface area contributed by atoms with E-state index in [1.54, 1.807) is 18.2 Å². The zero-order chi connectivity index (χ0) is 19.2. The lowest BCUT2D eigenvalue weighted by Crippen LogP contribution is -2.24. The SMILES string of the molecule is O=S(=O)(NCC#CCOc1cccc(Br)c1)c1ccc(C(F)(F)F)cc1. The van der Waals surface area contributed by atoms with Gasteiger partial charge < -0.3 is 4.74 Å². The highest BCUT2D eigenvalue weighted by molar-refractivity contribution is 9.10. The molecule has 2 aromatic carbocycles. The van der Waals surface area contributed by atoms with E-state index in [0.717, 1.165) is 16.6 Å². The first-order valence-corrected chi connectivity index (χ1v) is 9.47. The van der Waals surface area contributed by atoms with Crippen molar-refractivity contribution in [2.24, 2.45) is 0 Å². The van der Waals surface area contributed by atoms with Crippen LogP contribution in [0.3, 0.4) is 0 Å². The van der Waals surface area contributed by atoms with Crippen molar-refractivity contribution < 1.29 is 26.3 Å². The molecule has 9 heteroatoms. The number of hydrogen-bond acceptors (Lipinski definition) is 3. The van der Waals surface area contributed by atoms with E-state index in [1.807, 2.05) is 6.07 Å². The number of alkyl halides is 3. The second-order valence-corrected chi connectivity index (χ2v) is 7.63. The lowest BCUT2D eigenvalue weighted by Gasteiger charge is -2.08. The molecule has 2 aromatic rings. The number of nitrogens with one attached hydrogen (secondary N) is 1. The summed E-state index contributed by atoms with van der Waals surface area (Å²) in [5.74, 6) is 5.83. The summed E-state index contributed by atoms with van der Waals surface area (Å²) in [5.41, 5.74) is -0.916. The smallest absolute Gasteiger partial charge is 0.416 e. The van der Waals surface area contributed by atoms with Gasteiger partial charge in [0.2, 0.25) is 10.0 Å². The van der Waals surface area contributed by atoms with E-state index < -0.39 is 21.8 Å². The molecule has 0 spiro atoms. The van der Waals surface area contributed by atoms with Gasteiger partial charge >= 0.3 is 6.18 Å². The van der Waals surface area contributed by atoms with Crippen molar-refractivity contribution >= 4 is 26.0 Å². The Kier molecular flexibility index (Phi) is 6.69. The van der Waals surface area contributed by atoms with E-state index in [4.69, 9.17) is 4.74 Å². The monoisotopic (exact) mass is 447 g/mol. The van der Waals surface area contributed by atoms with Crippen LogP contribution in [0.2, 0.25) is 0 Å². The molecule has 0 atom stereocenters. The van der Waals surface area contributed by atoms with Crippen LogP contribution in [0.4, 0.5) is 13.2 Å². The Balaban J connectivity index is 1.87. The van der Waals surface area contributed by atoms with Gasteiger partial charge in [-0.1, -0.05) is 33.8 Å². The Labute approximate surface area is 157 Å². The minimum absolute atomic E-state index is 0.0679. The van der Waals surface area contributed by atoms with Gasteiger partial charge in [0.1, 0.15) is 12.4 Å². The van der Waals surface area contributed by atoms with Crippen molar-refractivity contribution in [3.8, 4) is 17.6 Å². The molecule has 0 radical (unpaired) electrons. The molecule has 0 saturated heterocycles. The third kappa shape index (κ3) is 6.05. The number of sulfonamides is 1. The molecule has 1 N–H and O–H groups in total. The molecule has 0 fully saturated rings. The zero-order valence-electron chi connectivity index (χ0n) is 13.2. The van der Waals surface area contributed by atoms with Gasteiger partial charge in [0.05, 0.1) is 17.0 Å². The van der Waals surface area contributed by atoms with Crippen LogP contribution in [0.5, 0.6) is 5.75 Å². The minimum atomic E-state index is -4.52. The summed E-state index contributed by atoms with van der Waals surface area (Å²) >= 11 is 3.30. The van der Waals surface area contributed by atoms with Crippen LogP contribution >= 0.6 is 15.9 Å². The van der Waals surface area contributed by atoms with E-state index in [-0.39, 0.29) is 18.0 Å². The number of hydrogen-bond donors (Lipinski definition) is 1. The van der Waals surface area contributed by atoms with Crippen molar-refractivity contribution in [2.45, 2.75) is 11.1 Å². The normalized spacial score (nSPS) is 11.5. The highest BCUT2D eigenvalue weighted by atomic mass is 79.9. The van der Waals surface area contributed by atoms with Crippen LogP contribution in [-0.4, -0.2) is 21.6 Å². The van der Waals surface area contributed by atoms with Crippen LogP contribution in [0, 0.1) is 11.8 Å². The first-order valence-electron chi connectivity index (χ1n) is 7.19. The fourth-order valence-corrected chi connectivity index (χ4v) is 3.13. The molecule has 0 aromatic heterocycles. The maximum atomic E-state index is 12.5. The molecule has 0 aliphatic rings. The predicted molar refractivity (Wildman–Crippen MR) is 94.0 cm³/mol. The fourth-order valence-electron chi connectivity index (χ4n) is 1.83. The molecule has 138 valence electrons. The first-order chi connectivity index (χ1) is 12.2. The first kappa shape index (κ1) is 20.3. The molecule has 4 nitrogen and oxygen atoms in total. The lowest BCUT2D eigenvalue weighted by molar-refractivity contribution is -0.137. The highest BCUT2D eigenvalue weighted by Crippen LogP contribution is 2.29. The second kappa shape index (κ2) is 8.58. The van der Waals surface area contributed by atoms with Crippen molar-refractivity contribution in [3.05, 3.63) is 58.6 Å². The fraction of sp³-hybridized carbons (Fsp3) is 0.176.